The predicted molar refractivity (Wildman–Crippen MR) is 121 cm³/mol. The second-order valence-corrected chi connectivity index (χ2v) is 15.0. The molecule has 3 N–H and O–H groups in total. The van der Waals surface area contributed by atoms with Crippen LogP contribution >= 0.6 is 23.1 Å². The molecule has 3 heterocycles. The molecule has 0 saturated heterocycles. The first kappa shape index (κ1) is 25.4. The van der Waals surface area contributed by atoms with Gasteiger partial charge in [0.1, 0.15) is 0 Å². The summed E-state index contributed by atoms with van der Waals surface area (Å²) in [7, 11) is 0. The van der Waals surface area contributed by atoms with Crippen molar-refractivity contribution in [2.24, 2.45) is 0 Å². The zero-order chi connectivity index (χ0) is 22.7. The third-order valence-corrected chi connectivity index (χ3v) is 22.2. The first-order valence-corrected chi connectivity index (χ1v) is 17.9. The normalized spacial score (nSPS) is 12.0. The van der Waals surface area contributed by atoms with Crippen LogP contribution < -0.4 is 10.8 Å². The number of hydrogen-bond acceptors (Lipinski definition) is 9. The summed E-state index contributed by atoms with van der Waals surface area (Å²) in [6, 6.07) is 12.1. The van der Waals surface area contributed by atoms with E-state index in [0.717, 1.165) is 21.2 Å². The van der Waals surface area contributed by atoms with E-state index >= 15 is 0 Å². The molecule has 32 heavy (non-hydrogen) atoms. The van der Waals surface area contributed by atoms with Gasteiger partial charge < -0.3 is 0 Å². The van der Waals surface area contributed by atoms with Crippen molar-refractivity contribution in [1.29, 1.82) is 0 Å². The van der Waals surface area contributed by atoms with Gasteiger partial charge in [-0.25, -0.2) is 0 Å². The summed E-state index contributed by atoms with van der Waals surface area (Å²) in [5, 5.41) is 29.0. The molecule has 0 radical (unpaired) electrons. The van der Waals surface area contributed by atoms with Gasteiger partial charge in [-0.2, -0.15) is 0 Å². The number of pyridine rings is 1. The van der Waals surface area contributed by atoms with Crippen LogP contribution in [0, 0.1) is 49.7 Å². The van der Waals surface area contributed by atoms with Crippen molar-refractivity contribution in [2.75, 3.05) is 11.9 Å². The standard InChI is InChI=1S/C20H17N5O3S2.Ra.Rb.H/c1-12-18(9-22-25-12)28-17-7-14(30-13-5-3-2-4-6-13)8-21-19(17)24-20-23-15(11-29-20)16(27)10-26;;;/h2-8,11,16,26-27H,10H2,1H3,(H-,21,22,23,24,25);;;/q-1;;+1;. The molecule has 1 aromatic carbocycles. The Labute approximate surface area is 262 Å². The van der Waals surface area contributed by atoms with Crippen molar-refractivity contribution >= 4 is 90.8 Å². The van der Waals surface area contributed by atoms with Crippen molar-refractivity contribution in [3.05, 3.63) is 59.4 Å². The molecule has 0 amide bonds. The van der Waals surface area contributed by atoms with Crippen LogP contribution in [0.5, 0.6) is 11.5 Å². The second-order valence-electron chi connectivity index (χ2n) is 7.06. The van der Waals surface area contributed by atoms with E-state index in [-0.39, 0.29) is 105 Å². The maximum atomic E-state index is 9.82. The van der Waals surface area contributed by atoms with Crippen molar-refractivity contribution in [3.63, 3.8) is 0 Å². The van der Waals surface area contributed by atoms with Crippen LogP contribution in [-0.4, -0.2) is 86.3 Å². The molecule has 0 fully saturated rings. The number of rotatable bonds is 8. The Bertz CT molecular complexity index is 1220. The van der Waals surface area contributed by atoms with E-state index in [0.29, 0.717) is 22.4 Å². The van der Waals surface area contributed by atoms with Gasteiger partial charge in [-0.05, 0) is 0 Å². The van der Waals surface area contributed by atoms with Crippen molar-refractivity contribution < 1.29 is 57.7 Å². The zero-order valence-electron chi connectivity index (χ0n) is 17.8. The summed E-state index contributed by atoms with van der Waals surface area (Å²) in [5.74, 6) is 1.96. The van der Waals surface area contributed by atoms with E-state index < -0.39 is 6.10 Å². The number of ether oxygens (including phenoxy) is 1. The number of nitrogens with one attached hydrogen (secondary N) is 1. The SMILES string of the molecule is Cc1n[n]([Rb])[c]([RaH])c1Oc1cc(Sc2ccccc2)cnc1Nc1nc(C(O)CO)cs1. The average Bonchev–Trinajstić information content (AvgIpc) is 3.35. The number of benzene rings is 1. The Morgan fingerprint density at radius 3 is 2.78 bits per heavy atom. The molecule has 0 saturated carbocycles. The molecule has 8 nitrogen and oxygen atoms in total. The van der Waals surface area contributed by atoms with Crippen LogP contribution in [0.4, 0.5) is 10.9 Å². The van der Waals surface area contributed by atoms with E-state index in [1.165, 1.54) is 12.1 Å². The second kappa shape index (κ2) is 11.9. The molecule has 1 unspecified atom stereocenters. The Hall–Kier alpha value is 0.353. The van der Waals surface area contributed by atoms with Gasteiger partial charge in [0.15, 0.2) is 0 Å². The number of aliphatic hydroxyl groups is 2. The van der Waals surface area contributed by atoms with Crippen LogP contribution in [0.15, 0.2) is 57.8 Å². The topological polar surface area (TPSA) is 105 Å². The molecular formula is C20H18N5O3RaRbS2. The molecule has 3 aromatic heterocycles. The molecule has 1 atom stereocenters. The van der Waals surface area contributed by atoms with Crippen molar-refractivity contribution in [1.82, 2.24) is 13.5 Å². The fraction of sp³-hybridized carbons (Fsp3) is 0.150. The quantitative estimate of drug-likeness (QED) is 0.253. The zero-order valence-corrected chi connectivity index (χ0v) is 32.6. The number of hydrogen-bond donors (Lipinski definition) is 3. The van der Waals surface area contributed by atoms with Gasteiger partial charge in [0.2, 0.25) is 0 Å². The number of anilines is 2. The molecule has 4 aromatic rings. The molecule has 0 aliphatic rings. The van der Waals surface area contributed by atoms with Crippen LogP contribution in [0.25, 0.3) is 0 Å². The number of aliphatic hydroxyl groups excluding tert-OH is 2. The Balaban J connectivity index is 1.67. The Morgan fingerprint density at radius 2 is 2.09 bits per heavy atom. The van der Waals surface area contributed by atoms with Gasteiger partial charge in [0.05, 0.1) is 0 Å². The van der Waals surface area contributed by atoms with Gasteiger partial charge in [0.25, 0.3) is 0 Å². The molecular weight excluding hydrogens is 734 g/mol. The van der Waals surface area contributed by atoms with Crippen LogP contribution in [0.3, 0.4) is 0 Å². The Morgan fingerprint density at radius 1 is 1.31 bits per heavy atom. The summed E-state index contributed by atoms with van der Waals surface area (Å²) in [5.41, 5.74) is 1.30. The molecule has 156 valence electrons. The predicted octanol–water partition coefficient (Wildman–Crippen LogP) is 2.59. The number of aryl methyl sites for hydroxylation is 1. The van der Waals surface area contributed by atoms with Gasteiger partial charge >= 0.3 is 268 Å². The maximum absolute atomic E-state index is 9.82. The first-order valence-electron chi connectivity index (χ1n) is 9.87. The number of thiazole rings is 1. The number of aromatic nitrogens is 4. The van der Waals surface area contributed by atoms with E-state index in [4.69, 9.17) is 9.84 Å². The average molecular weight is 752 g/mol. The molecule has 0 bridgehead atoms. The third-order valence-electron chi connectivity index (χ3n) is 4.72. The minimum absolute atomic E-state index is 0.0753. The first-order chi connectivity index (χ1) is 15.4. The van der Waals surface area contributed by atoms with E-state index in [1.54, 1.807) is 23.3 Å². The molecule has 0 spiro atoms. The van der Waals surface area contributed by atoms with Gasteiger partial charge in [0, 0.05) is 0 Å². The molecule has 0 aliphatic heterocycles. The monoisotopic (exact) mass is 751 g/mol. The Kier molecular flexibility index (Phi) is 9.43. The van der Waals surface area contributed by atoms with E-state index in [2.05, 4.69) is 30.9 Å². The number of nitrogens with zero attached hydrogens (tertiary/aromatic N) is 4. The minimum atomic E-state index is -1.00. The third kappa shape index (κ3) is 6.31. The summed E-state index contributed by atoms with van der Waals surface area (Å²) in [6.45, 7) is 1.59. The fourth-order valence-corrected chi connectivity index (χ4v) is 8.13. The molecule has 0 aliphatic carbocycles. The van der Waals surface area contributed by atoms with Gasteiger partial charge in [-0.3, -0.25) is 0 Å². The summed E-state index contributed by atoms with van der Waals surface area (Å²) in [6.07, 6.45) is 0.791. The summed E-state index contributed by atoms with van der Waals surface area (Å²) >= 11 is 3.27. The summed E-state index contributed by atoms with van der Waals surface area (Å²) < 4.78 is 9.68. The van der Waals surface area contributed by atoms with Crippen LogP contribution in [0.1, 0.15) is 17.5 Å². The molecule has 12 heteroatoms. The van der Waals surface area contributed by atoms with Crippen LogP contribution in [-0.2, 0) is 0 Å². The van der Waals surface area contributed by atoms with Crippen LogP contribution in [0.2, 0.25) is 0 Å². The molecule has 4 rings (SSSR count). The van der Waals surface area contributed by atoms with Crippen molar-refractivity contribution in [2.45, 2.75) is 22.8 Å². The van der Waals surface area contributed by atoms with Gasteiger partial charge in [-0.15, -0.1) is 0 Å². The van der Waals surface area contributed by atoms with E-state index in [9.17, 15) is 5.11 Å². The fourth-order valence-electron chi connectivity index (χ4n) is 2.98. The van der Waals surface area contributed by atoms with E-state index in [1.807, 2.05) is 31.2 Å². The van der Waals surface area contributed by atoms with Gasteiger partial charge in [-0.1, -0.05) is 0 Å². The van der Waals surface area contributed by atoms with Crippen molar-refractivity contribution in [3.8, 4) is 11.5 Å². The summed E-state index contributed by atoms with van der Waals surface area (Å²) in [4.78, 5) is 11.0.